The molecule has 3 aliphatic rings. The van der Waals surface area contributed by atoms with Gasteiger partial charge in [0.1, 0.15) is 12.1 Å². The van der Waals surface area contributed by atoms with Crippen molar-refractivity contribution >= 4 is 30.3 Å². The van der Waals surface area contributed by atoms with Crippen molar-refractivity contribution < 1.29 is 14.4 Å². The van der Waals surface area contributed by atoms with Crippen LogP contribution in [0.15, 0.2) is 0 Å². The number of nitrogens with zero attached hydrogens (tertiary/aromatic N) is 2. The maximum atomic E-state index is 13.0. The highest BCUT2D eigenvalue weighted by molar-refractivity contribution is 6.09. The van der Waals surface area contributed by atoms with Crippen LogP contribution in [-0.4, -0.2) is 79.0 Å². The molecule has 0 radical (unpaired) electrons. The number of amides is 4. The van der Waals surface area contributed by atoms with Gasteiger partial charge in [0.25, 0.3) is 5.91 Å². The van der Waals surface area contributed by atoms with Gasteiger partial charge in [-0.05, 0) is 30.6 Å². The average Bonchev–Trinajstić information content (AvgIpc) is 2.77. The first-order valence-corrected chi connectivity index (χ1v) is 10.0. The fraction of sp³-hybridized carbons (Fsp3) is 0.842. The van der Waals surface area contributed by atoms with E-state index < -0.39 is 11.6 Å². The molecule has 8 nitrogen and oxygen atoms in total. The Balaban J connectivity index is 0.00000280. The van der Waals surface area contributed by atoms with Crippen LogP contribution in [0, 0.1) is 11.3 Å². The smallest absolute Gasteiger partial charge is 0.325 e. The Morgan fingerprint density at radius 3 is 2.54 bits per heavy atom. The molecule has 3 rings (SSSR count). The molecule has 28 heavy (non-hydrogen) atoms. The van der Waals surface area contributed by atoms with Crippen LogP contribution in [0.4, 0.5) is 4.79 Å². The standard InChI is InChI=1S/C19H33N5O3.ClH/c1-14-10-18(2,3)13-19(11-14)16(26)24(17(27)22-19)12-15(25)21-6-9-23-7-4-20-5-8-23;/h14,20H,4-13H2,1-3H3,(H,21,25)(H,22,27);1H. The van der Waals surface area contributed by atoms with E-state index in [1.807, 2.05) is 0 Å². The molecule has 0 aromatic heterocycles. The van der Waals surface area contributed by atoms with Gasteiger partial charge in [-0.3, -0.25) is 19.4 Å². The van der Waals surface area contributed by atoms with E-state index in [-0.39, 0.29) is 36.2 Å². The molecule has 2 atom stereocenters. The second kappa shape index (κ2) is 8.97. The molecule has 160 valence electrons. The third-order valence-corrected chi connectivity index (χ3v) is 5.89. The van der Waals surface area contributed by atoms with Crippen molar-refractivity contribution in [2.24, 2.45) is 11.3 Å². The normalized spacial score (nSPS) is 30.1. The zero-order valence-electron chi connectivity index (χ0n) is 17.2. The maximum absolute atomic E-state index is 13.0. The van der Waals surface area contributed by atoms with Gasteiger partial charge >= 0.3 is 6.03 Å². The van der Waals surface area contributed by atoms with Crippen molar-refractivity contribution in [3.05, 3.63) is 0 Å². The van der Waals surface area contributed by atoms with Crippen molar-refractivity contribution in [2.75, 3.05) is 45.8 Å². The molecule has 1 spiro atoms. The first kappa shape index (κ1) is 22.9. The van der Waals surface area contributed by atoms with Crippen LogP contribution in [0.5, 0.6) is 0 Å². The molecular formula is C19H34ClN5O3. The average molecular weight is 416 g/mol. The van der Waals surface area contributed by atoms with Gasteiger partial charge in [-0.25, -0.2) is 4.79 Å². The third kappa shape index (κ3) is 5.15. The van der Waals surface area contributed by atoms with Gasteiger partial charge in [-0.2, -0.15) is 0 Å². The predicted molar refractivity (Wildman–Crippen MR) is 109 cm³/mol. The summed E-state index contributed by atoms with van der Waals surface area (Å²) in [5.74, 6) is -0.177. The number of carbonyl (C=O) groups excluding carboxylic acids is 3. The Labute approximate surface area is 173 Å². The second-order valence-corrected chi connectivity index (χ2v) is 9.20. The summed E-state index contributed by atoms with van der Waals surface area (Å²) in [5.41, 5.74) is -0.860. The van der Waals surface area contributed by atoms with Crippen molar-refractivity contribution in [1.29, 1.82) is 0 Å². The van der Waals surface area contributed by atoms with Gasteiger partial charge in [0, 0.05) is 39.3 Å². The lowest BCUT2D eigenvalue weighted by Gasteiger charge is -2.43. The molecule has 0 aromatic rings. The molecule has 2 aliphatic heterocycles. The van der Waals surface area contributed by atoms with Crippen LogP contribution in [-0.2, 0) is 9.59 Å². The minimum atomic E-state index is -0.848. The molecule has 2 heterocycles. The third-order valence-electron chi connectivity index (χ3n) is 5.89. The number of hydrogen-bond donors (Lipinski definition) is 3. The van der Waals surface area contributed by atoms with E-state index in [2.05, 4.69) is 41.6 Å². The Hall–Kier alpha value is -1.38. The van der Waals surface area contributed by atoms with E-state index in [1.165, 1.54) is 0 Å². The van der Waals surface area contributed by atoms with Gasteiger partial charge in [0.2, 0.25) is 5.91 Å². The minimum Gasteiger partial charge on any atom is -0.353 e. The first-order chi connectivity index (χ1) is 12.7. The van der Waals surface area contributed by atoms with E-state index in [0.717, 1.165) is 44.0 Å². The van der Waals surface area contributed by atoms with E-state index in [0.29, 0.717) is 25.3 Å². The molecule has 2 saturated heterocycles. The van der Waals surface area contributed by atoms with Crippen LogP contribution >= 0.6 is 12.4 Å². The van der Waals surface area contributed by atoms with Crippen LogP contribution < -0.4 is 16.0 Å². The zero-order valence-corrected chi connectivity index (χ0v) is 18.0. The van der Waals surface area contributed by atoms with Crippen LogP contribution in [0.1, 0.15) is 40.0 Å². The van der Waals surface area contributed by atoms with Crippen molar-refractivity contribution in [1.82, 2.24) is 25.8 Å². The number of halogens is 1. The van der Waals surface area contributed by atoms with Crippen molar-refractivity contribution in [2.45, 2.75) is 45.6 Å². The molecule has 0 bridgehead atoms. The largest absolute Gasteiger partial charge is 0.353 e. The molecule has 4 amide bonds. The van der Waals surface area contributed by atoms with E-state index in [4.69, 9.17) is 0 Å². The molecular weight excluding hydrogens is 382 g/mol. The molecule has 2 unspecified atom stereocenters. The van der Waals surface area contributed by atoms with E-state index >= 15 is 0 Å². The number of rotatable bonds is 5. The Morgan fingerprint density at radius 1 is 1.21 bits per heavy atom. The lowest BCUT2D eigenvalue weighted by Crippen LogP contribution is -2.54. The first-order valence-electron chi connectivity index (χ1n) is 10.0. The lowest BCUT2D eigenvalue weighted by atomic mass is 9.64. The Kier molecular flexibility index (Phi) is 7.33. The fourth-order valence-electron chi connectivity index (χ4n) is 5.14. The van der Waals surface area contributed by atoms with Gasteiger partial charge < -0.3 is 16.0 Å². The van der Waals surface area contributed by atoms with Gasteiger partial charge in [0.15, 0.2) is 0 Å². The number of imide groups is 1. The maximum Gasteiger partial charge on any atom is 0.325 e. The van der Waals surface area contributed by atoms with Crippen LogP contribution in [0.25, 0.3) is 0 Å². The molecule has 1 aliphatic carbocycles. The highest BCUT2D eigenvalue weighted by Gasteiger charge is 2.56. The number of carbonyl (C=O) groups is 3. The van der Waals surface area contributed by atoms with Gasteiger partial charge in [-0.15, -0.1) is 12.4 Å². The highest BCUT2D eigenvalue weighted by Crippen LogP contribution is 2.46. The summed E-state index contributed by atoms with van der Waals surface area (Å²) < 4.78 is 0. The highest BCUT2D eigenvalue weighted by atomic mass is 35.5. The van der Waals surface area contributed by atoms with E-state index in [9.17, 15) is 14.4 Å². The van der Waals surface area contributed by atoms with Gasteiger partial charge in [0.05, 0.1) is 0 Å². The molecule has 1 saturated carbocycles. The molecule has 3 fully saturated rings. The monoisotopic (exact) mass is 415 g/mol. The number of urea groups is 1. The van der Waals surface area contributed by atoms with Crippen molar-refractivity contribution in [3.63, 3.8) is 0 Å². The second-order valence-electron chi connectivity index (χ2n) is 9.20. The summed E-state index contributed by atoms with van der Waals surface area (Å²) in [4.78, 5) is 41.1. The van der Waals surface area contributed by atoms with Gasteiger partial charge in [-0.1, -0.05) is 20.8 Å². The SMILES string of the molecule is CC1CC(C)(C)CC2(C1)NC(=O)N(CC(=O)NCCN1CCNCC1)C2=O.Cl. The molecule has 0 aromatic carbocycles. The topological polar surface area (TPSA) is 93.8 Å². The zero-order chi connectivity index (χ0) is 19.7. The van der Waals surface area contributed by atoms with Crippen LogP contribution in [0.2, 0.25) is 0 Å². The summed E-state index contributed by atoms with van der Waals surface area (Å²) in [5, 5.41) is 9.04. The molecule has 3 N–H and O–H groups in total. The summed E-state index contributed by atoms with van der Waals surface area (Å²) in [6, 6.07) is -0.442. The molecule has 9 heteroatoms. The van der Waals surface area contributed by atoms with Crippen molar-refractivity contribution in [3.8, 4) is 0 Å². The Morgan fingerprint density at radius 2 is 1.89 bits per heavy atom. The summed E-state index contributed by atoms with van der Waals surface area (Å²) >= 11 is 0. The number of nitrogens with one attached hydrogen (secondary N) is 3. The lowest BCUT2D eigenvalue weighted by molar-refractivity contribution is -0.137. The van der Waals surface area contributed by atoms with Crippen LogP contribution in [0.3, 0.4) is 0 Å². The predicted octanol–water partition coefficient (Wildman–Crippen LogP) is 0.566. The summed E-state index contributed by atoms with van der Waals surface area (Å²) in [7, 11) is 0. The number of hydrogen-bond acceptors (Lipinski definition) is 5. The van der Waals surface area contributed by atoms with E-state index in [1.54, 1.807) is 0 Å². The quantitative estimate of drug-likeness (QED) is 0.571. The fourth-order valence-corrected chi connectivity index (χ4v) is 5.14. The minimum absolute atomic E-state index is 0. The Bertz CT molecular complexity index is 608. The number of piperazine rings is 1. The summed E-state index contributed by atoms with van der Waals surface area (Å²) in [6.45, 7) is 11.4. The summed E-state index contributed by atoms with van der Waals surface area (Å²) in [6.07, 6.45) is 2.29.